The van der Waals surface area contributed by atoms with Crippen molar-refractivity contribution >= 4 is 56.8 Å². The molecule has 1 nitrogen and oxygen atoms in total. The van der Waals surface area contributed by atoms with Crippen molar-refractivity contribution < 1.29 is 4.52 Å². The second-order valence-corrected chi connectivity index (χ2v) is 24.4. The Morgan fingerprint density at radius 1 is 0.545 bits per heavy atom. The van der Waals surface area contributed by atoms with Crippen molar-refractivity contribution in [2.24, 2.45) is 0 Å². The van der Waals surface area contributed by atoms with E-state index in [-0.39, 0.29) is 0 Å². The van der Waals surface area contributed by atoms with Gasteiger partial charge in [0, 0.05) is 0 Å². The fourth-order valence-corrected chi connectivity index (χ4v) is 9.83. The van der Waals surface area contributed by atoms with Gasteiger partial charge in [0.25, 0.3) is 0 Å². The van der Waals surface area contributed by atoms with E-state index in [1.807, 2.05) is 42.5 Å². The Kier molecular flexibility index (Phi) is 4.76. The van der Waals surface area contributed by atoms with E-state index in [1.165, 1.54) is 10.6 Å². The number of benzene rings is 3. The Balaban J connectivity index is 2.19. The maximum absolute atomic E-state index is 6.67. The van der Waals surface area contributed by atoms with E-state index >= 15 is 0 Å². The van der Waals surface area contributed by atoms with Gasteiger partial charge in [0.05, 0.1) is 0 Å². The van der Waals surface area contributed by atoms with E-state index in [9.17, 15) is 0 Å². The van der Waals surface area contributed by atoms with Gasteiger partial charge in [-0.3, -0.25) is 0 Å². The van der Waals surface area contributed by atoms with Crippen molar-refractivity contribution in [2.45, 2.75) is 0 Å². The molecule has 0 saturated carbocycles. The molecule has 0 aromatic heterocycles. The molecule has 0 aliphatic carbocycles. The van der Waals surface area contributed by atoms with Gasteiger partial charge in [-0.1, -0.05) is 0 Å². The molecule has 3 rings (SSSR count). The zero-order chi connectivity index (χ0) is 15.5. The van der Waals surface area contributed by atoms with Crippen LogP contribution in [0.3, 0.4) is 0 Å². The number of halogens is 2. The van der Waals surface area contributed by atoms with Crippen molar-refractivity contribution in [1.82, 2.24) is 0 Å². The molecule has 0 N–H and O–H groups in total. The summed E-state index contributed by atoms with van der Waals surface area (Å²) in [7, 11) is 0. The van der Waals surface area contributed by atoms with Crippen molar-refractivity contribution in [1.29, 1.82) is 0 Å². The summed E-state index contributed by atoms with van der Waals surface area (Å²) in [4.78, 5) is 0. The van der Waals surface area contributed by atoms with Crippen molar-refractivity contribution in [3.8, 4) is 5.75 Å². The van der Waals surface area contributed by atoms with Gasteiger partial charge in [0.1, 0.15) is 0 Å². The predicted octanol–water partition coefficient (Wildman–Crippen LogP) is 5.88. The first-order valence-electron chi connectivity index (χ1n) is 6.90. The number of rotatable bonds is 4. The van der Waals surface area contributed by atoms with Gasteiger partial charge in [0.2, 0.25) is 0 Å². The van der Waals surface area contributed by atoms with Crippen LogP contribution in [0.4, 0.5) is 0 Å². The van der Waals surface area contributed by atoms with Crippen LogP contribution in [0.2, 0.25) is 0 Å². The van der Waals surface area contributed by atoms with Crippen LogP contribution in [0.1, 0.15) is 0 Å². The molecule has 0 saturated heterocycles. The Morgan fingerprint density at radius 3 is 1.32 bits per heavy atom. The molecule has 0 heterocycles. The van der Waals surface area contributed by atoms with Crippen LogP contribution in [0.25, 0.3) is 0 Å². The normalized spacial score (nSPS) is 13.1. The molecule has 0 aliphatic rings. The third-order valence-corrected chi connectivity index (χ3v) is 14.1. The summed E-state index contributed by atoms with van der Waals surface area (Å²) >= 11 is 5.08. The van der Waals surface area contributed by atoms with Crippen LogP contribution < -0.4 is 15.1 Å². The molecular weight excluding hydrogens is 517 g/mol. The van der Waals surface area contributed by atoms with E-state index in [0.29, 0.717) is 0 Å². The molecule has 0 unspecified atom stereocenters. The summed E-state index contributed by atoms with van der Waals surface area (Å²) in [5.41, 5.74) is 0. The van der Waals surface area contributed by atoms with Crippen molar-refractivity contribution in [3.05, 3.63) is 91.0 Å². The fraction of sp³-hybridized carbons (Fsp3) is 0. The zero-order valence-electron chi connectivity index (χ0n) is 11.8. The summed E-state index contributed by atoms with van der Waals surface area (Å²) in [6.07, 6.45) is 0. The summed E-state index contributed by atoms with van der Waals surface area (Å²) in [6.45, 7) is 0. The molecule has 112 valence electrons. The third kappa shape index (κ3) is 3.17. The first-order valence-corrected chi connectivity index (χ1v) is 14.6. The van der Waals surface area contributed by atoms with Gasteiger partial charge >= 0.3 is 158 Å². The van der Waals surface area contributed by atoms with Gasteiger partial charge in [-0.25, -0.2) is 0 Å². The second kappa shape index (κ2) is 6.46. The molecule has 0 atom stereocenters. The molecule has 3 aromatic carbocycles. The van der Waals surface area contributed by atoms with Crippen LogP contribution >= 0.6 is 46.2 Å². The molecule has 0 fully saturated rings. The van der Waals surface area contributed by atoms with Gasteiger partial charge in [-0.15, -0.1) is 0 Å². The van der Waals surface area contributed by atoms with E-state index in [4.69, 9.17) is 4.52 Å². The Hall–Kier alpha value is -0.650. The Labute approximate surface area is 157 Å². The molecule has 4 heteroatoms. The summed E-state index contributed by atoms with van der Waals surface area (Å²) < 4.78 is 3.87. The van der Waals surface area contributed by atoms with Crippen molar-refractivity contribution in [3.63, 3.8) is 0 Å². The number of para-hydroxylation sites is 1. The van der Waals surface area contributed by atoms with Crippen LogP contribution in [0, 0.1) is 0 Å². The predicted molar refractivity (Wildman–Crippen MR) is 114 cm³/mol. The Bertz CT molecular complexity index is 702. The molecule has 0 radical (unpaired) electrons. The molecule has 0 aliphatic heterocycles. The average molecular weight is 532 g/mol. The van der Waals surface area contributed by atoms with Crippen LogP contribution in [-0.4, -0.2) is 0 Å². The SMILES string of the molecule is IP(I)(Oc1ccccc1)(c1ccccc1)c1ccccc1. The number of hydrogen-bond acceptors (Lipinski definition) is 1. The summed E-state index contributed by atoms with van der Waals surface area (Å²) in [6, 6.07) is 31.1. The number of hydrogen-bond donors (Lipinski definition) is 0. The van der Waals surface area contributed by atoms with E-state index in [0.717, 1.165) is 5.75 Å². The summed E-state index contributed by atoms with van der Waals surface area (Å²) in [5, 5.41) is 2.45. The molecule has 3 aromatic rings. The minimum absolute atomic E-state index is 0.900. The minimum atomic E-state index is -2.80. The van der Waals surface area contributed by atoms with E-state index < -0.39 is 2.12 Å². The van der Waals surface area contributed by atoms with Gasteiger partial charge in [-0.05, 0) is 0 Å². The first-order chi connectivity index (χ1) is 10.6. The topological polar surface area (TPSA) is 9.23 Å². The van der Waals surface area contributed by atoms with E-state index in [2.05, 4.69) is 92.6 Å². The standard InChI is InChI=1S/C18H15I2OP/c19-22(20,17-12-6-2-7-13-17,18-14-8-3-9-15-18)21-16-10-4-1-5-11-16/h1-15H. The molecule has 0 amide bonds. The van der Waals surface area contributed by atoms with Gasteiger partial charge < -0.3 is 0 Å². The van der Waals surface area contributed by atoms with Crippen molar-refractivity contribution in [2.75, 3.05) is 0 Å². The Morgan fingerprint density at radius 2 is 0.909 bits per heavy atom. The average Bonchev–Trinajstić information content (AvgIpc) is 2.57. The van der Waals surface area contributed by atoms with Gasteiger partial charge in [-0.2, -0.15) is 0 Å². The van der Waals surface area contributed by atoms with Crippen LogP contribution in [0.15, 0.2) is 91.0 Å². The second-order valence-electron chi connectivity index (χ2n) is 4.91. The van der Waals surface area contributed by atoms with E-state index in [1.54, 1.807) is 0 Å². The quantitative estimate of drug-likeness (QED) is 0.301. The summed E-state index contributed by atoms with van der Waals surface area (Å²) in [5.74, 6) is 0.900. The third-order valence-electron chi connectivity index (χ3n) is 3.38. The molecule has 22 heavy (non-hydrogen) atoms. The van der Waals surface area contributed by atoms with Gasteiger partial charge in [0.15, 0.2) is 0 Å². The molecule has 0 spiro atoms. The zero-order valence-corrected chi connectivity index (χ0v) is 17.0. The first kappa shape index (κ1) is 16.2. The maximum atomic E-state index is 6.67. The fourth-order valence-electron chi connectivity index (χ4n) is 2.27. The molecule has 0 bridgehead atoms. The monoisotopic (exact) mass is 532 g/mol. The molecular formula is C18H15I2OP. The van der Waals surface area contributed by atoms with Crippen LogP contribution in [0.5, 0.6) is 5.75 Å². The van der Waals surface area contributed by atoms with Crippen LogP contribution in [-0.2, 0) is 0 Å².